The van der Waals surface area contributed by atoms with Crippen LogP contribution >= 0.6 is 0 Å². The van der Waals surface area contributed by atoms with Crippen LogP contribution in [0.2, 0.25) is 0 Å². The molecule has 2 heterocycles. The highest BCUT2D eigenvalue weighted by Gasteiger charge is 2.25. The molecule has 0 unspecified atom stereocenters. The summed E-state index contributed by atoms with van der Waals surface area (Å²) in [5.74, 6) is -0.482. The zero-order valence-corrected chi connectivity index (χ0v) is 13.4. The maximum absolute atomic E-state index is 12.2. The van der Waals surface area contributed by atoms with E-state index in [4.69, 9.17) is 0 Å². The van der Waals surface area contributed by atoms with Crippen molar-refractivity contribution >= 4 is 11.6 Å². The molecule has 0 aliphatic carbocycles. The van der Waals surface area contributed by atoms with Gasteiger partial charge in [0.25, 0.3) is 5.91 Å². The number of nitrogens with one attached hydrogen (secondary N) is 1. The largest absolute Gasteiger partial charge is 0.350 e. The lowest BCUT2D eigenvalue weighted by atomic mass is 10.3. The van der Waals surface area contributed by atoms with Crippen molar-refractivity contribution in [2.24, 2.45) is 0 Å². The van der Waals surface area contributed by atoms with Gasteiger partial charge in [-0.3, -0.25) is 24.3 Å². The number of nitro groups is 1. The second-order valence-electron chi connectivity index (χ2n) is 5.21. The number of amides is 1. The molecule has 9 nitrogen and oxygen atoms in total. The molecule has 2 rings (SSSR count). The van der Waals surface area contributed by atoms with Crippen LogP contribution in [-0.4, -0.2) is 36.9 Å². The third kappa shape index (κ3) is 3.74. The molecule has 124 valence electrons. The van der Waals surface area contributed by atoms with Crippen LogP contribution in [0, 0.1) is 24.0 Å². The number of carbonyl (C=O) groups is 1. The summed E-state index contributed by atoms with van der Waals surface area (Å²) in [6.07, 6.45) is 1.79. The Morgan fingerprint density at radius 2 is 2.13 bits per heavy atom. The summed E-state index contributed by atoms with van der Waals surface area (Å²) < 4.78 is 3.20. The Labute approximate surface area is 133 Å². The summed E-state index contributed by atoms with van der Waals surface area (Å²) >= 11 is 0. The molecule has 0 atom stereocenters. The minimum Gasteiger partial charge on any atom is -0.350 e. The molecule has 9 heteroatoms. The lowest BCUT2D eigenvalue weighted by molar-refractivity contribution is -0.385. The van der Waals surface area contributed by atoms with Crippen molar-refractivity contribution in [3.8, 4) is 0 Å². The summed E-state index contributed by atoms with van der Waals surface area (Å²) in [6, 6.07) is 1.99. The normalized spacial score (nSPS) is 10.7. The van der Waals surface area contributed by atoms with Gasteiger partial charge in [-0.2, -0.15) is 10.2 Å². The van der Waals surface area contributed by atoms with Gasteiger partial charge in [0.15, 0.2) is 0 Å². The summed E-state index contributed by atoms with van der Waals surface area (Å²) in [6.45, 7) is 7.15. The van der Waals surface area contributed by atoms with Crippen LogP contribution in [-0.2, 0) is 13.1 Å². The van der Waals surface area contributed by atoms with Gasteiger partial charge in [0, 0.05) is 25.3 Å². The third-order valence-electron chi connectivity index (χ3n) is 3.47. The Morgan fingerprint density at radius 1 is 1.39 bits per heavy atom. The Balaban J connectivity index is 1.94. The monoisotopic (exact) mass is 320 g/mol. The van der Waals surface area contributed by atoms with E-state index in [1.165, 1.54) is 4.68 Å². The predicted octanol–water partition coefficient (Wildman–Crippen LogP) is 1.44. The van der Waals surface area contributed by atoms with Crippen molar-refractivity contribution in [1.82, 2.24) is 24.9 Å². The average molecular weight is 320 g/mol. The van der Waals surface area contributed by atoms with Gasteiger partial charge in [0.05, 0.1) is 10.6 Å². The molecule has 1 amide bonds. The zero-order chi connectivity index (χ0) is 17.0. The van der Waals surface area contributed by atoms with E-state index in [1.54, 1.807) is 6.92 Å². The molecule has 23 heavy (non-hydrogen) atoms. The van der Waals surface area contributed by atoms with Crippen molar-refractivity contribution in [2.45, 2.75) is 40.3 Å². The Hall–Kier alpha value is -2.71. The molecule has 0 aliphatic heterocycles. The van der Waals surface area contributed by atoms with Crippen LogP contribution in [0.4, 0.5) is 5.69 Å². The van der Waals surface area contributed by atoms with Crippen LogP contribution in [0.3, 0.4) is 0 Å². The summed E-state index contributed by atoms with van der Waals surface area (Å²) in [4.78, 5) is 22.6. The molecule has 0 aromatic carbocycles. The van der Waals surface area contributed by atoms with Crippen LogP contribution in [0.5, 0.6) is 0 Å². The lowest BCUT2D eigenvalue weighted by Gasteiger charge is -2.07. The van der Waals surface area contributed by atoms with Gasteiger partial charge in [-0.15, -0.1) is 0 Å². The molecule has 0 spiro atoms. The molecule has 0 saturated heterocycles. The van der Waals surface area contributed by atoms with Crippen molar-refractivity contribution < 1.29 is 9.72 Å². The quantitative estimate of drug-likeness (QED) is 0.472. The molecular formula is C14H20N6O3. The van der Waals surface area contributed by atoms with Crippen LogP contribution in [0.15, 0.2) is 12.3 Å². The van der Waals surface area contributed by atoms with Gasteiger partial charge in [-0.1, -0.05) is 0 Å². The van der Waals surface area contributed by atoms with Crippen molar-refractivity contribution in [2.75, 3.05) is 6.54 Å². The second-order valence-corrected chi connectivity index (χ2v) is 5.21. The van der Waals surface area contributed by atoms with Crippen LogP contribution < -0.4 is 5.32 Å². The molecule has 1 N–H and O–H groups in total. The molecule has 0 fully saturated rings. The fourth-order valence-corrected chi connectivity index (χ4v) is 2.40. The third-order valence-corrected chi connectivity index (χ3v) is 3.47. The molecule has 2 aromatic rings. The number of aromatic nitrogens is 4. The zero-order valence-electron chi connectivity index (χ0n) is 13.4. The molecule has 0 bridgehead atoms. The average Bonchev–Trinajstić information content (AvgIpc) is 3.06. The number of aryl methyl sites for hydroxylation is 4. The first-order chi connectivity index (χ1) is 10.9. The minimum atomic E-state index is -0.593. The standard InChI is InChI=1S/C14H20N6O3/c1-4-18-13(12(9-16-18)20(22)23)14(21)15-6-5-7-19-11(3)8-10(2)17-19/h8-9H,4-7H2,1-3H3,(H,15,21). The van der Waals surface area contributed by atoms with E-state index in [1.807, 2.05) is 24.6 Å². The van der Waals surface area contributed by atoms with Crippen molar-refractivity contribution in [1.29, 1.82) is 0 Å². The summed E-state index contributed by atoms with van der Waals surface area (Å²) in [7, 11) is 0. The minimum absolute atomic E-state index is 0.0105. The Kier molecular flexibility index (Phi) is 5.09. The highest BCUT2D eigenvalue weighted by molar-refractivity contribution is 5.96. The fraction of sp³-hybridized carbons (Fsp3) is 0.500. The number of hydrogen-bond donors (Lipinski definition) is 1. The number of nitrogens with zero attached hydrogens (tertiary/aromatic N) is 5. The van der Waals surface area contributed by atoms with Gasteiger partial charge < -0.3 is 5.32 Å². The van der Waals surface area contributed by atoms with E-state index in [2.05, 4.69) is 15.5 Å². The van der Waals surface area contributed by atoms with E-state index in [9.17, 15) is 14.9 Å². The molecule has 0 aliphatic rings. The summed E-state index contributed by atoms with van der Waals surface area (Å²) in [5.41, 5.74) is 1.73. The maximum atomic E-state index is 12.2. The van der Waals surface area contributed by atoms with E-state index < -0.39 is 10.8 Å². The number of hydrogen-bond acceptors (Lipinski definition) is 5. The number of carbonyl (C=O) groups excluding carboxylic acids is 1. The molecule has 2 aromatic heterocycles. The van der Waals surface area contributed by atoms with Gasteiger partial charge in [0.1, 0.15) is 6.20 Å². The smallest absolute Gasteiger partial charge is 0.320 e. The first-order valence-corrected chi connectivity index (χ1v) is 7.43. The summed E-state index contributed by atoms with van der Waals surface area (Å²) in [5, 5.41) is 21.9. The van der Waals surface area contributed by atoms with Gasteiger partial charge in [0.2, 0.25) is 5.69 Å². The molecule has 0 saturated carbocycles. The van der Waals surface area contributed by atoms with E-state index in [0.717, 1.165) is 17.6 Å². The molecule has 0 radical (unpaired) electrons. The van der Waals surface area contributed by atoms with Crippen molar-refractivity contribution in [3.63, 3.8) is 0 Å². The molecular weight excluding hydrogens is 300 g/mol. The van der Waals surface area contributed by atoms with Gasteiger partial charge >= 0.3 is 5.69 Å². The van der Waals surface area contributed by atoms with E-state index >= 15 is 0 Å². The highest BCUT2D eigenvalue weighted by Crippen LogP contribution is 2.17. The topological polar surface area (TPSA) is 108 Å². The van der Waals surface area contributed by atoms with Crippen molar-refractivity contribution in [3.05, 3.63) is 39.5 Å². The fourth-order valence-electron chi connectivity index (χ4n) is 2.40. The SMILES string of the molecule is CCn1ncc([N+](=O)[O-])c1C(=O)NCCCn1nc(C)cc1C. The number of rotatable bonds is 7. The first-order valence-electron chi connectivity index (χ1n) is 7.43. The van der Waals surface area contributed by atoms with Gasteiger partial charge in [-0.25, -0.2) is 0 Å². The maximum Gasteiger partial charge on any atom is 0.320 e. The second kappa shape index (κ2) is 7.03. The predicted molar refractivity (Wildman–Crippen MR) is 83.2 cm³/mol. The van der Waals surface area contributed by atoms with E-state index in [0.29, 0.717) is 26.1 Å². The van der Waals surface area contributed by atoms with Crippen LogP contribution in [0.25, 0.3) is 0 Å². The van der Waals surface area contributed by atoms with Gasteiger partial charge in [-0.05, 0) is 33.3 Å². The Morgan fingerprint density at radius 3 is 2.70 bits per heavy atom. The highest BCUT2D eigenvalue weighted by atomic mass is 16.6. The first kappa shape index (κ1) is 16.7. The van der Waals surface area contributed by atoms with Crippen LogP contribution in [0.1, 0.15) is 35.2 Å². The Bertz CT molecular complexity index is 718. The van der Waals surface area contributed by atoms with E-state index in [-0.39, 0.29) is 11.4 Å². The lowest BCUT2D eigenvalue weighted by Crippen LogP contribution is -2.28.